The van der Waals surface area contributed by atoms with Crippen LogP contribution in [0.5, 0.6) is 0 Å². The number of oxazole rings is 2. The highest BCUT2D eigenvalue weighted by Crippen LogP contribution is 2.57. The highest BCUT2D eigenvalue weighted by Gasteiger charge is 2.46. The summed E-state index contributed by atoms with van der Waals surface area (Å²) in [5.41, 5.74) is 11.7. The molecule has 0 radical (unpaired) electrons. The summed E-state index contributed by atoms with van der Waals surface area (Å²) in [4.78, 5) is 18.6. The molecule has 47 heavy (non-hydrogen) atoms. The van der Waals surface area contributed by atoms with Crippen LogP contribution in [-0.2, 0) is 5.41 Å². The van der Waals surface area contributed by atoms with Crippen molar-refractivity contribution in [3.63, 3.8) is 0 Å². The first-order valence-corrected chi connectivity index (χ1v) is 15.4. The van der Waals surface area contributed by atoms with E-state index in [0.717, 1.165) is 22.5 Å². The monoisotopic (exact) mass is 606 g/mol. The van der Waals surface area contributed by atoms with Gasteiger partial charge in [-0.15, -0.1) is 0 Å². The smallest absolute Gasteiger partial charge is 0.245 e. The summed E-state index contributed by atoms with van der Waals surface area (Å²) >= 11 is 0. The number of hydrogen-bond donors (Lipinski definition) is 0. The highest BCUT2D eigenvalue weighted by atomic mass is 16.3. The van der Waals surface area contributed by atoms with E-state index in [9.17, 15) is 0 Å². The Balaban J connectivity index is 1.29. The molecule has 0 amide bonds. The Labute approximate surface area is 271 Å². The molecule has 4 aromatic heterocycles. The first kappa shape index (κ1) is 27.0. The van der Waals surface area contributed by atoms with Crippen molar-refractivity contribution in [1.82, 2.24) is 19.9 Å². The van der Waals surface area contributed by atoms with Gasteiger partial charge in [-0.1, -0.05) is 97.1 Å². The number of rotatable bonds is 6. The molecule has 0 saturated carbocycles. The van der Waals surface area contributed by atoms with Crippen molar-refractivity contribution >= 4 is 0 Å². The quantitative estimate of drug-likeness (QED) is 0.188. The van der Waals surface area contributed by atoms with Gasteiger partial charge in [0.2, 0.25) is 11.8 Å². The average Bonchev–Trinajstić information content (AvgIpc) is 3.93. The third-order valence-electron chi connectivity index (χ3n) is 8.94. The van der Waals surface area contributed by atoms with Gasteiger partial charge < -0.3 is 8.83 Å². The summed E-state index contributed by atoms with van der Waals surface area (Å²) in [6.45, 7) is 0. The molecule has 0 N–H and O–H groups in total. The van der Waals surface area contributed by atoms with Crippen molar-refractivity contribution in [2.45, 2.75) is 5.41 Å². The minimum atomic E-state index is -0.598. The number of fused-ring (bicyclic) bond motifs is 3. The van der Waals surface area contributed by atoms with Gasteiger partial charge in [0.25, 0.3) is 0 Å². The van der Waals surface area contributed by atoms with E-state index in [0.29, 0.717) is 23.2 Å². The van der Waals surface area contributed by atoms with E-state index in [1.54, 1.807) is 24.9 Å². The molecule has 0 saturated heterocycles. The molecule has 4 heterocycles. The van der Waals surface area contributed by atoms with Gasteiger partial charge in [-0.2, -0.15) is 0 Å². The predicted molar refractivity (Wildman–Crippen MR) is 181 cm³/mol. The third-order valence-corrected chi connectivity index (χ3v) is 8.94. The number of nitrogens with zero attached hydrogens (tertiary/aromatic N) is 4. The fraction of sp³-hybridized carbons (Fsp3) is 0.0244. The lowest BCUT2D eigenvalue weighted by molar-refractivity contribution is 0.572. The lowest BCUT2D eigenvalue weighted by atomic mass is 9.67. The second-order valence-electron chi connectivity index (χ2n) is 11.5. The fourth-order valence-corrected chi connectivity index (χ4v) is 6.94. The Bertz CT molecular complexity index is 2180. The fourth-order valence-electron chi connectivity index (χ4n) is 6.94. The SMILES string of the molecule is c1ccc(C2(c3ccccc3)c3cc(-c4cccc(-c5ncco5)n4)ccc3-c3ccc(-c4cccc(-c5ncco5)n4)cc32)cc1. The van der Waals surface area contributed by atoms with E-state index in [2.05, 4.69) is 107 Å². The number of hydrogen-bond acceptors (Lipinski definition) is 6. The molecule has 0 bridgehead atoms. The zero-order chi connectivity index (χ0) is 31.2. The van der Waals surface area contributed by atoms with E-state index in [1.807, 2.05) is 36.4 Å². The van der Waals surface area contributed by atoms with E-state index < -0.39 is 5.41 Å². The summed E-state index contributed by atoms with van der Waals surface area (Å²) in [6, 6.07) is 46.8. The standard InChI is InChI=1S/C41H26N4O2/c1-3-9-29(10-4-1)41(30-11-5-2-6-12-30)33-25-27(35-13-7-15-37(44-35)39-42-21-23-46-39)17-19-31(33)32-20-18-28(26-34(32)41)36-14-8-16-38(45-36)40-43-22-24-47-40/h1-26H. The number of aromatic nitrogens is 4. The third kappa shape index (κ3) is 4.34. The molecule has 1 aliphatic carbocycles. The van der Waals surface area contributed by atoms with Gasteiger partial charge in [-0.3, -0.25) is 0 Å². The predicted octanol–water partition coefficient (Wildman–Crippen LogP) is 9.48. The minimum absolute atomic E-state index is 0.497. The Hall–Kier alpha value is -6.40. The molecule has 8 aromatic rings. The lowest BCUT2D eigenvalue weighted by Crippen LogP contribution is -2.28. The largest absolute Gasteiger partial charge is 0.443 e. The Morgan fingerprint density at radius 1 is 0.426 bits per heavy atom. The van der Waals surface area contributed by atoms with Crippen molar-refractivity contribution in [3.05, 3.63) is 181 Å². The van der Waals surface area contributed by atoms with Crippen LogP contribution < -0.4 is 0 Å². The van der Waals surface area contributed by atoms with Crippen LogP contribution in [0.4, 0.5) is 0 Å². The summed E-state index contributed by atoms with van der Waals surface area (Å²) in [7, 11) is 0. The molecule has 0 fully saturated rings. The molecule has 6 heteroatoms. The topological polar surface area (TPSA) is 77.8 Å². The molecular weight excluding hydrogens is 580 g/mol. The average molecular weight is 607 g/mol. The summed E-state index contributed by atoms with van der Waals surface area (Å²) < 4.78 is 11.1. The highest BCUT2D eigenvalue weighted by molar-refractivity contribution is 5.90. The first-order chi connectivity index (χ1) is 23.3. The van der Waals surface area contributed by atoms with Crippen LogP contribution in [0.3, 0.4) is 0 Å². The maximum atomic E-state index is 5.56. The van der Waals surface area contributed by atoms with Gasteiger partial charge in [0.1, 0.15) is 23.9 Å². The van der Waals surface area contributed by atoms with Crippen molar-refractivity contribution in [2.24, 2.45) is 0 Å². The van der Waals surface area contributed by atoms with Gasteiger partial charge in [-0.05, 0) is 69.8 Å². The van der Waals surface area contributed by atoms with Gasteiger partial charge in [0.05, 0.1) is 29.2 Å². The molecule has 0 unspecified atom stereocenters. The zero-order valence-electron chi connectivity index (χ0n) is 25.1. The number of pyridine rings is 2. The van der Waals surface area contributed by atoms with Crippen molar-refractivity contribution in [3.8, 4) is 56.8 Å². The Morgan fingerprint density at radius 3 is 1.30 bits per heavy atom. The van der Waals surface area contributed by atoms with Crippen LogP contribution in [-0.4, -0.2) is 19.9 Å². The Kier molecular flexibility index (Phi) is 6.25. The van der Waals surface area contributed by atoms with E-state index in [4.69, 9.17) is 18.8 Å². The van der Waals surface area contributed by atoms with Crippen molar-refractivity contribution in [2.75, 3.05) is 0 Å². The Morgan fingerprint density at radius 2 is 0.872 bits per heavy atom. The number of benzene rings is 4. The molecule has 0 spiro atoms. The van der Waals surface area contributed by atoms with Gasteiger partial charge in [0, 0.05) is 11.1 Å². The second-order valence-corrected chi connectivity index (χ2v) is 11.5. The van der Waals surface area contributed by atoms with Gasteiger partial charge in [-0.25, -0.2) is 19.9 Å². The van der Waals surface area contributed by atoms with Crippen LogP contribution >= 0.6 is 0 Å². The molecule has 0 aliphatic heterocycles. The molecule has 9 rings (SSSR count). The van der Waals surface area contributed by atoms with E-state index in [-0.39, 0.29) is 0 Å². The normalized spacial score (nSPS) is 12.9. The summed E-state index contributed by atoms with van der Waals surface area (Å²) in [6.07, 6.45) is 6.41. The first-order valence-electron chi connectivity index (χ1n) is 15.4. The molecule has 0 atom stereocenters. The van der Waals surface area contributed by atoms with Crippen LogP contribution in [0, 0.1) is 0 Å². The van der Waals surface area contributed by atoms with E-state index >= 15 is 0 Å². The maximum absolute atomic E-state index is 5.56. The lowest BCUT2D eigenvalue weighted by Gasteiger charge is -2.34. The van der Waals surface area contributed by atoms with Crippen LogP contribution in [0.15, 0.2) is 167 Å². The van der Waals surface area contributed by atoms with Gasteiger partial charge in [0.15, 0.2) is 0 Å². The van der Waals surface area contributed by atoms with Gasteiger partial charge >= 0.3 is 0 Å². The van der Waals surface area contributed by atoms with Crippen molar-refractivity contribution < 1.29 is 8.83 Å². The molecular formula is C41H26N4O2. The van der Waals surface area contributed by atoms with Crippen molar-refractivity contribution in [1.29, 1.82) is 0 Å². The summed E-state index contributed by atoms with van der Waals surface area (Å²) in [5, 5.41) is 0. The summed E-state index contributed by atoms with van der Waals surface area (Å²) in [5.74, 6) is 0.993. The second kappa shape index (κ2) is 10.9. The molecule has 6 nitrogen and oxygen atoms in total. The maximum Gasteiger partial charge on any atom is 0.245 e. The van der Waals surface area contributed by atoms with Crippen LogP contribution in [0.25, 0.3) is 56.8 Å². The van der Waals surface area contributed by atoms with Crippen LogP contribution in [0.2, 0.25) is 0 Å². The van der Waals surface area contributed by atoms with E-state index in [1.165, 1.54) is 33.4 Å². The molecule has 1 aliphatic rings. The molecule has 4 aromatic carbocycles. The molecule has 222 valence electrons. The minimum Gasteiger partial charge on any atom is -0.443 e. The van der Waals surface area contributed by atoms with Crippen LogP contribution in [0.1, 0.15) is 22.3 Å². The zero-order valence-corrected chi connectivity index (χ0v) is 25.1.